The summed E-state index contributed by atoms with van der Waals surface area (Å²) in [6, 6.07) is 9.05. The van der Waals surface area contributed by atoms with Crippen molar-refractivity contribution in [2.45, 2.75) is 83.5 Å². The number of ether oxygens (including phenoxy) is 1. The summed E-state index contributed by atoms with van der Waals surface area (Å²) in [7, 11) is 0. The predicted molar refractivity (Wildman–Crippen MR) is 154 cm³/mol. The first kappa shape index (κ1) is 32.2. The fourth-order valence-electron chi connectivity index (χ4n) is 5.98. The second-order valence-corrected chi connectivity index (χ2v) is 12.0. The summed E-state index contributed by atoms with van der Waals surface area (Å²) in [6.45, 7) is 4.57. The monoisotopic (exact) mass is 601 g/mol. The van der Waals surface area contributed by atoms with E-state index < -0.39 is 53.5 Å². The van der Waals surface area contributed by atoms with Crippen molar-refractivity contribution in [1.29, 1.82) is 0 Å². The number of benzene rings is 1. The van der Waals surface area contributed by atoms with E-state index in [1.165, 1.54) is 4.90 Å². The Morgan fingerprint density at radius 3 is 2.44 bits per heavy atom. The van der Waals surface area contributed by atoms with Gasteiger partial charge >= 0.3 is 12.1 Å². The highest BCUT2D eigenvalue weighted by Gasteiger charge is 2.54. The molecule has 0 aromatic heterocycles. The van der Waals surface area contributed by atoms with Crippen LogP contribution in [0.2, 0.25) is 0 Å². The molecule has 1 spiro atoms. The van der Waals surface area contributed by atoms with Crippen molar-refractivity contribution in [2.75, 3.05) is 19.7 Å². The van der Waals surface area contributed by atoms with Gasteiger partial charge in [-0.25, -0.2) is 19.9 Å². The van der Waals surface area contributed by atoms with Crippen LogP contribution in [0.15, 0.2) is 30.3 Å². The number of hydrazine groups is 1. The van der Waals surface area contributed by atoms with Crippen LogP contribution < -0.4 is 16.2 Å². The number of piperidine rings is 1. The molecule has 3 heterocycles. The number of carbonyl (C=O) groups excluding carboxylic acids is 4. The van der Waals surface area contributed by atoms with Crippen molar-refractivity contribution in [3.05, 3.63) is 35.9 Å². The summed E-state index contributed by atoms with van der Waals surface area (Å²) in [6.07, 6.45) is 3.05. The van der Waals surface area contributed by atoms with Crippen LogP contribution in [0.25, 0.3) is 0 Å². The molecular formula is C30H43N5O8. The number of hydrogen-bond donors (Lipinski definition) is 4. The van der Waals surface area contributed by atoms with Crippen LogP contribution in [0.3, 0.4) is 0 Å². The first-order chi connectivity index (χ1) is 20.6. The lowest BCUT2D eigenvalue weighted by atomic mass is 9.81. The number of urea groups is 1. The molecule has 0 saturated carbocycles. The SMILES string of the molecule is CC(C)C[C@@H](C(=O)NN1C(=O)NC2(CCN(C(=O)O)CC2)C1=O)[C@H](CCCc1ccccc1)C(=O)NOC1CCCCO1. The highest BCUT2D eigenvalue weighted by atomic mass is 16.8. The standard InChI is InChI=1S/C30H43N5O8/c1-20(2)19-23(25(36)32-35-27(38)30(31-28(35)39)14-16-34(17-15-30)29(40)41)22(12-8-11-21-9-4-3-5-10-21)26(37)33-43-24-13-6-7-18-42-24/h3-5,9-10,20,22-24H,6-8,11-19H2,1-2H3,(H,31,39)(H,32,36)(H,33,37)(H,40,41)/t22-,23+,24?/m0/s1. The van der Waals surface area contributed by atoms with Gasteiger partial charge in [-0.2, -0.15) is 5.01 Å². The molecule has 236 valence electrons. The van der Waals surface area contributed by atoms with Gasteiger partial charge in [0.15, 0.2) is 6.29 Å². The number of nitrogens with zero attached hydrogens (tertiary/aromatic N) is 2. The first-order valence-electron chi connectivity index (χ1n) is 15.2. The molecule has 3 fully saturated rings. The van der Waals surface area contributed by atoms with Crippen molar-refractivity contribution in [3.63, 3.8) is 0 Å². The summed E-state index contributed by atoms with van der Waals surface area (Å²) < 4.78 is 5.57. The summed E-state index contributed by atoms with van der Waals surface area (Å²) in [5.41, 5.74) is 4.84. The first-order valence-corrected chi connectivity index (χ1v) is 15.2. The molecule has 3 aliphatic heterocycles. The minimum Gasteiger partial charge on any atom is -0.465 e. The molecule has 3 atom stereocenters. The molecule has 13 heteroatoms. The molecule has 6 amide bonds. The maximum Gasteiger partial charge on any atom is 0.407 e. The largest absolute Gasteiger partial charge is 0.465 e. The Morgan fingerprint density at radius 1 is 1.09 bits per heavy atom. The van der Waals surface area contributed by atoms with Crippen molar-refractivity contribution in [3.8, 4) is 0 Å². The number of nitrogens with one attached hydrogen (secondary N) is 3. The number of likely N-dealkylation sites (tertiary alicyclic amines) is 1. The van der Waals surface area contributed by atoms with E-state index in [9.17, 15) is 29.1 Å². The smallest absolute Gasteiger partial charge is 0.407 e. The van der Waals surface area contributed by atoms with Crippen LogP contribution in [0.4, 0.5) is 9.59 Å². The molecule has 1 unspecified atom stereocenters. The van der Waals surface area contributed by atoms with Gasteiger partial charge < -0.3 is 20.1 Å². The number of imide groups is 1. The highest BCUT2D eigenvalue weighted by molar-refractivity contribution is 6.08. The fourth-order valence-corrected chi connectivity index (χ4v) is 5.98. The zero-order chi connectivity index (χ0) is 31.0. The molecule has 3 saturated heterocycles. The van der Waals surface area contributed by atoms with Crippen molar-refractivity contribution in [2.24, 2.45) is 17.8 Å². The maximum atomic E-state index is 13.8. The fraction of sp³-hybridized carbons (Fsp3) is 0.633. The van der Waals surface area contributed by atoms with Crippen molar-refractivity contribution in [1.82, 2.24) is 26.1 Å². The summed E-state index contributed by atoms with van der Waals surface area (Å²) in [5.74, 6) is -3.36. The number of aryl methyl sites for hydroxylation is 1. The van der Waals surface area contributed by atoms with Gasteiger partial charge in [-0.05, 0) is 62.8 Å². The lowest BCUT2D eigenvalue weighted by molar-refractivity contribution is -0.203. The molecule has 3 aliphatic rings. The van der Waals surface area contributed by atoms with Crippen molar-refractivity contribution >= 4 is 29.8 Å². The number of hydroxylamine groups is 1. The quantitative estimate of drug-likeness (QED) is 0.210. The highest BCUT2D eigenvalue weighted by Crippen LogP contribution is 2.31. The van der Waals surface area contributed by atoms with E-state index in [2.05, 4.69) is 16.2 Å². The third-order valence-corrected chi connectivity index (χ3v) is 8.41. The van der Waals surface area contributed by atoms with E-state index in [4.69, 9.17) is 9.57 Å². The molecule has 1 aromatic rings. The Bertz CT molecular complexity index is 1150. The summed E-state index contributed by atoms with van der Waals surface area (Å²) in [5, 5.41) is 12.6. The van der Waals surface area contributed by atoms with Gasteiger partial charge in [-0.15, -0.1) is 0 Å². The third-order valence-electron chi connectivity index (χ3n) is 8.41. The lowest BCUT2D eigenvalue weighted by Crippen LogP contribution is -2.57. The van der Waals surface area contributed by atoms with Crippen molar-refractivity contribution < 1.29 is 38.7 Å². The second-order valence-electron chi connectivity index (χ2n) is 12.0. The number of rotatable bonds is 12. The van der Waals surface area contributed by atoms with Crippen LogP contribution in [-0.4, -0.2) is 76.4 Å². The number of carbonyl (C=O) groups is 5. The van der Waals surface area contributed by atoms with Crippen LogP contribution in [-0.2, 0) is 30.4 Å². The molecule has 1 aromatic carbocycles. The summed E-state index contributed by atoms with van der Waals surface area (Å²) in [4.78, 5) is 71.8. The number of amides is 6. The molecule has 13 nitrogen and oxygen atoms in total. The van der Waals surface area contributed by atoms with Crippen LogP contribution in [0.5, 0.6) is 0 Å². The Hall–Kier alpha value is -3.71. The van der Waals surface area contributed by atoms with E-state index >= 15 is 0 Å². The van der Waals surface area contributed by atoms with Gasteiger partial charge in [0.05, 0.1) is 11.8 Å². The van der Waals surface area contributed by atoms with Gasteiger partial charge in [-0.1, -0.05) is 44.2 Å². The Kier molecular flexibility index (Phi) is 11.0. The topological polar surface area (TPSA) is 167 Å². The molecule has 4 N–H and O–H groups in total. The van der Waals surface area contributed by atoms with E-state index in [1.54, 1.807) is 0 Å². The van der Waals surface area contributed by atoms with Gasteiger partial charge in [0, 0.05) is 26.1 Å². The van der Waals surface area contributed by atoms with E-state index in [0.717, 1.165) is 18.4 Å². The Balaban J connectivity index is 1.48. The zero-order valence-electron chi connectivity index (χ0n) is 24.9. The third kappa shape index (κ3) is 8.23. The van der Waals surface area contributed by atoms with Crippen LogP contribution >= 0.6 is 0 Å². The maximum absolute atomic E-state index is 13.8. The number of carboxylic acid groups (broad SMARTS) is 1. The summed E-state index contributed by atoms with van der Waals surface area (Å²) >= 11 is 0. The van der Waals surface area contributed by atoms with E-state index in [-0.39, 0.29) is 31.8 Å². The number of hydrogen-bond acceptors (Lipinski definition) is 7. The minimum absolute atomic E-state index is 0.0255. The van der Waals surface area contributed by atoms with E-state index in [0.29, 0.717) is 43.7 Å². The zero-order valence-corrected chi connectivity index (χ0v) is 24.9. The lowest BCUT2D eigenvalue weighted by Gasteiger charge is -2.35. The average molecular weight is 602 g/mol. The molecule has 0 radical (unpaired) electrons. The second kappa shape index (κ2) is 14.6. The van der Waals surface area contributed by atoms with Crippen LogP contribution in [0.1, 0.15) is 70.8 Å². The molecular weight excluding hydrogens is 558 g/mol. The average Bonchev–Trinajstić information content (AvgIpc) is 3.21. The molecule has 4 rings (SSSR count). The Morgan fingerprint density at radius 2 is 1.81 bits per heavy atom. The Labute approximate surface area is 251 Å². The van der Waals surface area contributed by atoms with Gasteiger partial charge in [0.2, 0.25) is 11.8 Å². The predicted octanol–water partition coefficient (Wildman–Crippen LogP) is 2.96. The molecule has 0 aliphatic carbocycles. The molecule has 43 heavy (non-hydrogen) atoms. The van der Waals surface area contributed by atoms with Crippen LogP contribution in [0, 0.1) is 17.8 Å². The minimum atomic E-state index is -1.29. The molecule has 0 bridgehead atoms. The normalized spacial score (nSPS) is 21.4. The van der Waals surface area contributed by atoms with E-state index in [1.807, 2.05) is 44.2 Å². The van der Waals surface area contributed by atoms with Gasteiger partial charge in [0.1, 0.15) is 5.54 Å². The van der Waals surface area contributed by atoms with Gasteiger partial charge in [0.25, 0.3) is 5.91 Å². The van der Waals surface area contributed by atoms with Gasteiger partial charge in [-0.3, -0.25) is 19.8 Å².